The van der Waals surface area contributed by atoms with Gasteiger partial charge in [-0.2, -0.15) is 0 Å². The minimum absolute atomic E-state index is 0.112. The fourth-order valence-corrected chi connectivity index (χ4v) is 3.12. The molecular weight excluding hydrogens is 276 g/mol. The quantitative estimate of drug-likeness (QED) is 0.224. The summed E-state index contributed by atoms with van der Waals surface area (Å²) < 4.78 is 0. The highest BCUT2D eigenvalue weighted by Gasteiger charge is 2.48. The summed E-state index contributed by atoms with van der Waals surface area (Å²) in [6.45, 7) is 1.86. The molecule has 8 heteroatoms. The van der Waals surface area contributed by atoms with Gasteiger partial charge in [-0.3, -0.25) is 19.7 Å². The van der Waals surface area contributed by atoms with Crippen LogP contribution in [0.25, 0.3) is 0 Å². The monoisotopic (exact) mass is 290 g/mol. The lowest BCUT2D eigenvalue weighted by molar-refractivity contribution is -0.530. The van der Waals surface area contributed by atoms with Gasteiger partial charge < -0.3 is 5.32 Å². The van der Waals surface area contributed by atoms with Gasteiger partial charge in [0.2, 0.25) is 6.04 Å². The number of hydrogen-bond acceptors (Lipinski definition) is 5. The van der Waals surface area contributed by atoms with E-state index in [2.05, 4.69) is 5.32 Å². The highest BCUT2D eigenvalue weighted by Crippen LogP contribution is 2.38. The number of rotatable bonds is 1. The number of carbonyl (C=O) groups excluding carboxylic acids is 2. The number of carbonyl (C=O) groups is 2. The van der Waals surface area contributed by atoms with Gasteiger partial charge in [-0.1, -0.05) is 23.8 Å². The van der Waals surface area contributed by atoms with E-state index in [9.17, 15) is 19.7 Å². The third-order valence-corrected chi connectivity index (χ3v) is 4.07. The second kappa shape index (κ2) is 4.52. The molecular formula is C13H14N4O4. The van der Waals surface area contributed by atoms with Gasteiger partial charge in [-0.15, -0.1) is 0 Å². The van der Waals surface area contributed by atoms with Crippen LogP contribution >= 0.6 is 0 Å². The molecule has 3 rings (SSSR count). The number of nitrogens with zero attached hydrogens (tertiary/aromatic N) is 2. The van der Waals surface area contributed by atoms with Gasteiger partial charge in [0.15, 0.2) is 0 Å². The Morgan fingerprint density at radius 3 is 2.86 bits per heavy atom. The number of fused-ring (bicyclic) bond motifs is 2. The Morgan fingerprint density at radius 1 is 1.48 bits per heavy atom. The molecule has 1 aliphatic heterocycles. The number of amides is 2. The first-order valence-electron chi connectivity index (χ1n) is 6.54. The van der Waals surface area contributed by atoms with E-state index in [-0.39, 0.29) is 11.3 Å². The molecule has 3 aliphatic rings. The maximum atomic E-state index is 11.7. The topological polar surface area (TPSA) is 119 Å². The summed E-state index contributed by atoms with van der Waals surface area (Å²) in [5.41, 5.74) is 1.99. The molecule has 0 aromatic rings. The lowest BCUT2D eigenvalue weighted by Gasteiger charge is -2.40. The molecule has 21 heavy (non-hydrogen) atoms. The predicted molar refractivity (Wildman–Crippen MR) is 71.8 cm³/mol. The highest BCUT2D eigenvalue weighted by atomic mass is 16.6. The predicted octanol–water partition coefficient (Wildman–Crippen LogP) is -0.377. The third-order valence-electron chi connectivity index (χ3n) is 4.07. The van der Waals surface area contributed by atoms with Crippen LogP contribution in [0, 0.1) is 16.0 Å². The maximum Gasteiger partial charge on any atom is 0.330 e. The second-order valence-electron chi connectivity index (χ2n) is 5.40. The summed E-state index contributed by atoms with van der Waals surface area (Å²) >= 11 is 0. The number of piperazine rings is 1. The van der Waals surface area contributed by atoms with Crippen molar-refractivity contribution in [3.8, 4) is 0 Å². The third kappa shape index (κ3) is 1.95. The standard InChI is InChI=1S/C13H14N4O4/c1-6-2-3-7-8(4-6)11-9(5-10(7)17(20)21)15-12(18)13(19)16(11)14/h2-4,7,9-10H,5,14H2,1H3,(H,15,18). The Morgan fingerprint density at radius 2 is 2.19 bits per heavy atom. The van der Waals surface area contributed by atoms with Gasteiger partial charge in [-0.05, 0) is 12.5 Å². The fraction of sp³-hybridized carbons (Fsp3) is 0.385. The smallest absolute Gasteiger partial charge is 0.330 e. The zero-order valence-corrected chi connectivity index (χ0v) is 11.3. The van der Waals surface area contributed by atoms with Crippen LogP contribution in [-0.4, -0.2) is 33.8 Å². The molecule has 3 atom stereocenters. The molecule has 1 fully saturated rings. The lowest BCUT2D eigenvalue weighted by atomic mass is 9.75. The molecule has 110 valence electrons. The van der Waals surface area contributed by atoms with Gasteiger partial charge in [0, 0.05) is 11.3 Å². The zero-order chi connectivity index (χ0) is 15.3. The average Bonchev–Trinajstić information content (AvgIpc) is 2.43. The van der Waals surface area contributed by atoms with Gasteiger partial charge in [0.25, 0.3) is 0 Å². The number of allylic oxidation sites excluding steroid dienone is 3. The summed E-state index contributed by atoms with van der Waals surface area (Å²) in [6, 6.07) is -1.46. The van der Waals surface area contributed by atoms with Crippen molar-refractivity contribution in [2.45, 2.75) is 25.4 Å². The van der Waals surface area contributed by atoms with E-state index < -0.39 is 29.8 Å². The molecule has 3 unspecified atom stereocenters. The van der Waals surface area contributed by atoms with E-state index in [1.165, 1.54) is 0 Å². The number of nitrogens with two attached hydrogens (primary N) is 1. The SMILES string of the molecule is CC1=CC2=C3C(CC([N+](=O)[O-])C2C=C1)NC(=O)C(=O)N3N. The molecule has 0 aromatic heterocycles. The first kappa shape index (κ1) is 13.5. The Hall–Kier alpha value is -2.48. The highest BCUT2D eigenvalue weighted by molar-refractivity contribution is 6.36. The minimum Gasteiger partial charge on any atom is -0.339 e. The van der Waals surface area contributed by atoms with Crippen molar-refractivity contribution >= 4 is 11.8 Å². The summed E-state index contributed by atoms with van der Waals surface area (Å²) in [6.07, 6.45) is 5.47. The molecule has 0 saturated carbocycles. The molecule has 1 heterocycles. The van der Waals surface area contributed by atoms with E-state index in [0.717, 1.165) is 10.6 Å². The van der Waals surface area contributed by atoms with Crippen LogP contribution in [0.15, 0.2) is 35.1 Å². The van der Waals surface area contributed by atoms with Gasteiger partial charge in [-0.25, -0.2) is 10.9 Å². The molecule has 0 spiro atoms. The van der Waals surface area contributed by atoms with Crippen molar-refractivity contribution in [1.82, 2.24) is 10.3 Å². The largest absolute Gasteiger partial charge is 0.339 e. The van der Waals surface area contributed by atoms with Gasteiger partial charge in [0.1, 0.15) is 0 Å². The van der Waals surface area contributed by atoms with Crippen molar-refractivity contribution in [2.24, 2.45) is 11.8 Å². The molecule has 0 aromatic carbocycles. The van der Waals surface area contributed by atoms with Crippen LogP contribution in [0.2, 0.25) is 0 Å². The normalized spacial score (nSPS) is 31.4. The Bertz CT molecular complexity index is 649. The number of hydrazine groups is 1. The summed E-state index contributed by atoms with van der Waals surface area (Å²) in [4.78, 5) is 34.2. The van der Waals surface area contributed by atoms with Crippen molar-refractivity contribution in [3.63, 3.8) is 0 Å². The van der Waals surface area contributed by atoms with Crippen LogP contribution in [0.3, 0.4) is 0 Å². The first-order chi connectivity index (χ1) is 9.90. The van der Waals surface area contributed by atoms with Crippen LogP contribution < -0.4 is 11.2 Å². The minimum atomic E-state index is -0.854. The molecule has 0 bridgehead atoms. The van der Waals surface area contributed by atoms with E-state index in [4.69, 9.17) is 5.84 Å². The summed E-state index contributed by atoms with van der Waals surface area (Å²) in [7, 11) is 0. The lowest BCUT2D eigenvalue weighted by Crippen LogP contribution is -2.62. The van der Waals surface area contributed by atoms with Crippen molar-refractivity contribution in [3.05, 3.63) is 45.2 Å². The van der Waals surface area contributed by atoms with Crippen LogP contribution in [0.5, 0.6) is 0 Å². The number of hydrogen-bond donors (Lipinski definition) is 2. The van der Waals surface area contributed by atoms with E-state index in [1.807, 2.05) is 13.0 Å². The van der Waals surface area contributed by atoms with E-state index >= 15 is 0 Å². The molecule has 0 radical (unpaired) electrons. The Balaban J connectivity index is 2.15. The maximum absolute atomic E-state index is 11.7. The molecule has 1 saturated heterocycles. The van der Waals surface area contributed by atoms with Gasteiger partial charge >= 0.3 is 11.8 Å². The molecule has 8 nitrogen and oxygen atoms in total. The van der Waals surface area contributed by atoms with Crippen molar-refractivity contribution in [1.29, 1.82) is 0 Å². The second-order valence-corrected chi connectivity index (χ2v) is 5.40. The average molecular weight is 290 g/mol. The Kier molecular flexibility index (Phi) is 2.91. The fourth-order valence-electron chi connectivity index (χ4n) is 3.12. The van der Waals surface area contributed by atoms with Gasteiger partial charge in [0.05, 0.1) is 17.7 Å². The summed E-state index contributed by atoms with van der Waals surface area (Å²) in [5.74, 6) is 3.61. The zero-order valence-electron chi connectivity index (χ0n) is 11.3. The molecule has 2 aliphatic carbocycles. The van der Waals surface area contributed by atoms with Crippen LogP contribution in [0.4, 0.5) is 0 Å². The van der Waals surface area contributed by atoms with Crippen molar-refractivity contribution in [2.75, 3.05) is 0 Å². The number of nitro groups is 1. The molecule has 2 amide bonds. The van der Waals surface area contributed by atoms with Crippen LogP contribution in [0.1, 0.15) is 13.3 Å². The number of nitrogens with one attached hydrogen (secondary N) is 1. The molecule has 3 N–H and O–H groups in total. The van der Waals surface area contributed by atoms with E-state index in [0.29, 0.717) is 11.3 Å². The van der Waals surface area contributed by atoms with Crippen LogP contribution in [-0.2, 0) is 9.59 Å². The summed E-state index contributed by atoms with van der Waals surface area (Å²) in [5, 5.41) is 14.6. The van der Waals surface area contributed by atoms with E-state index in [1.54, 1.807) is 12.2 Å². The first-order valence-corrected chi connectivity index (χ1v) is 6.54. The Labute approximate surface area is 120 Å². The van der Waals surface area contributed by atoms with Crippen molar-refractivity contribution < 1.29 is 14.5 Å².